The van der Waals surface area contributed by atoms with Crippen LogP contribution in [-0.4, -0.2) is 18.4 Å². The standard InChI is InChI=1S/C22H28N2O3/c1-6-27-20-12-7-15(4)13-19(20)16(5)23-21(25)22(26)24-18-10-8-17(9-11-18)14(2)3/h7-14,16H,6H2,1-5H3,(H,23,25)(H,24,26). The number of carbonyl (C=O) groups excluding carboxylic acids is 2. The SMILES string of the molecule is CCOc1ccc(C)cc1C(C)NC(=O)C(=O)Nc1ccc(C(C)C)cc1. The minimum Gasteiger partial charge on any atom is -0.494 e. The third kappa shape index (κ3) is 5.58. The first-order valence-corrected chi connectivity index (χ1v) is 9.27. The van der Waals surface area contributed by atoms with E-state index in [1.165, 1.54) is 5.56 Å². The molecule has 0 fully saturated rings. The van der Waals surface area contributed by atoms with Crippen molar-refractivity contribution in [3.63, 3.8) is 0 Å². The van der Waals surface area contributed by atoms with E-state index in [0.717, 1.165) is 11.1 Å². The Bertz CT molecular complexity index is 798. The molecule has 2 amide bonds. The molecule has 2 aromatic rings. The lowest BCUT2D eigenvalue weighted by Crippen LogP contribution is -2.37. The maximum Gasteiger partial charge on any atom is 0.313 e. The lowest BCUT2D eigenvalue weighted by atomic mass is 10.0. The zero-order chi connectivity index (χ0) is 20.0. The van der Waals surface area contributed by atoms with Gasteiger partial charge in [0.1, 0.15) is 5.75 Å². The number of hydrogen-bond donors (Lipinski definition) is 2. The molecule has 2 aromatic carbocycles. The molecule has 0 saturated heterocycles. The van der Waals surface area contributed by atoms with E-state index in [9.17, 15) is 9.59 Å². The van der Waals surface area contributed by atoms with Crippen LogP contribution >= 0.6 is 0 Å². The minimum atomic E-state index is -0.690. The van der Waals surface area contributed by atoms with Crippen molar-refractivity contribution in [2.45, 2.75) is 46.6 Å². The summed E-state index contributed by atoms with van der Waals surface area (Å²) in [4.78, 5) is 24.5. The average Bonchev–Trinajstić information content (AvgIpc) is 2.63. The zero-order valence-corrected chi connectivity index (χ0v) is 16.6. The minimum absolute atomic E-state index is 0.354. The first-order chi connectivity index (χ1) is 12.8. The predicted molar refractivity (Wildman–Crippen MR) is 108 cm³/mol. The van der Waals surface area contributed by atoms with Crippen LogP contribution in [0, 0.1) is 6.92 Å². The van der Waals surface area contributed by atoms with Gasteiger partial charge in [-0.05, 0) is 50.5 Å². The molecule has 0 saturated carbocycles. The van der Waals surface area contributed by atoms with E-state index >= 15 is 0 Å². The van der Waals surface area contributed by atoms with Crippen LogP contribution in [0.1, 0.15) is 56.3 Å². The van der Waals surface area contributed by atoms with Crippen molar-refractivity contribution >= 4 is 17.5 Å². The van der Waals surface area contributed by atoms with Crippen LogP contribution in [0.5, 0.6) is 5.75 Å². The Morgan fingerprint density at radius 1 is 1.00 bits per heavy atom. The van der Waals surface area contributed by atoms with Gasteiger partial charge in [0, 0.05) is 11.3 Å². The van der Waals surface area contributed by atoms with Crippen LogP contribution in [0.15, 0.2) is 42.5 Å². The number of hydrogen-bond acceptors (Lipinski definition) is 3. The zero-order valence-electron chi connectivity index (χ0n) is 16.6. The van der Waals surface area contributed by atoms with Gasteiger partial charge in [0.05, 0.1) is 12.6 Å². The Hall–Kier alpha value is -2.82. The van der Waals surface area contributed by atoms with Crippen LogP contribution in [0.25, 0.3) is 0 Å². The lowest BCUT2D eigenvalue weighted by molar-refractivity contribution is -0.136. The Labute approximate surface area is 161 Å². The quantitative estimate of drug-likeness (QED) is 0.746. The van der Waals surface area contributed by atoms with Gasteiger partial charge in [-0.3, -0.25) is 9.59 Å². The summed E-state index contributed by atoms with van der Waals surface area (Å²) in [5, 5.41) is 5.37. The summed E-state index contributed by atoms with van der Waals surface area (Å²) in [6, 6.07) is 12.9. The molecule has 0 spiro atoms. The number of rotatable bonds is 6. The fraction of sp³-hybridized carbons (Fsp3) is 0.364. The predicted octanol–water partition coefficient (Wildman–Crippen LogP) is 4.33. The maximum absolute atomic E-state index is 12.3. The highest BCUT2D eigenvalue weighted by Gasteiger charge is 2.19. The molecule has 0 heterocycles. The van der Waals surface area contributed by atoms with E-state index in [2.05, 4.69) is 24.5 Å². The van der Waals surface area contributed by atoms with Gasteiger partial charge in [-0.2, -0.15) is 0 Å². The normalized spacial score (nSPS) is 11.8. The highest BCUT2D eigenvalue weighted by atomic mass is 16.5. The second-order valence-electron chi connectivity index (χ2n) is 6.90. The number of anilines is 1. The largest absolute Gasteiger partial charge is 0.494 e. The molecule has 0 aliphatic carbocycles. The van der Waals surface area contributed by atoms with Crippen LogP contribution in [0.4, 0.5) is 5.69 Å². The summed E-state index contributed by atoms with van der Waals surface area (Å²) in [7, 11) is 0. The number of amides is 2. The number of carbonyl (C=O) groups is 2. The summed E-state index contributed by atoms with van der Waals surface area (Å²) in [5.41, 5.74) is 3.68. The van der Waals surface area contributed by atoms with Crippen molar-refractivity contribution in [1.82, 2.24) is 5.32 Å². The molecule has 0 radical (unpaired) electrons. The average molecular weight is 368 g/mol. The number of nitrogens with one attached hydrogen (secondary N) is 2. The van der Waals surface area contributed by atoms with Gasteiger partial charge >= 0.3 is 11.8 Å². The van der Waals surface area contributed by atoms with Crippen molar-refractivity contribution in [3.8, 4) is 5.75 Å². The van der Waals surface area contributed by atoms with E-state index in [-0.39, 0.29) is 6.04 Å². The summed E-state index contributed by atoms with van der Waals surface area (Å²) in [6.45, 7) is 10.4. The molecular weight excluding hydrogens is 340 g/mol. The second-order valence-corrected chi connectivity index (χ2v) is 6.90. The van der Waals surface area contributed by atoms with Crippen LogP contribution in [0.2, 0.25) is 0 Å². The Morgan fingerprint density at radius 2 is 1.67 bits per heavy atom. The van der Waals surface area contributed by atoms with E-state index < -0.39 is 11.8 Å². The molecule has 0 bridgehead atoms. The van der Waals surface area contributed by atoms with Crippen molar-refractivity contribution in [3.05, 3.63) is 59.2 Å². The molecule has 2 rings (SSSR count). The third-order valence-corrected chi connectivity index (χ3v) is 4.32. The van der Waals surface area contributed by atoms with E-state index in [0.29, 0.717) is 24.0 Å². The topological polar surface area (TPSA) is 67.4 Å². The molecular formula is C22H28N2O3. The van der Waals surface area contributed by atoms with Crippen LogP contribution < -0.4 is 15.4 Å². The van der Waals surface area contributed by atoms with Gasteiger partial charge in [-0.1, -0.05) is 43.7 Å². The van der Waals surface area contributed by atoms with Gasteiger partial charge in [0.15, 0.2) is 0 Å². The maximum atomic E-state index is 12.3. The highest BCUT2D eigenvalue weighted by molar-refractivity contribution is 6.39. The summed E-state index contributed by atoms with van der Waals surface area (Å²) < 4.78 is 5.63. The number of aryl methyl sites for hydroxylation is 1. The Kier molecular flexibility index (Phi) is 6.99. The van der Waals surface area contributed by atoms with Gasteiger partial charge in [0.2, 0.25) is 0 Å². The van der Waals surface area contributed by atoms with Gasteiger partial charge in [0.25, 0.3) is 0 Å². The summed E-state index contributed by atoms with van der Waals surface area (Å²) >= 11 is 0. The first-order valence-electron chi connectivity index (χ1n) is 9.27. The van der Waals surface area contributed by atoms with E-state index in [4.69, 9.17) is 4.74 Å². The summed E-state index contributed by atoms with van der Waals surface area (Å²) in [6.07, 6.45) is 0. The molecule has 5 heteroatoms. The van der Waals surface area contributed by atoms with Crippen molar-refractivity contribution < 1.29 is 14.3 Å². The summed E-state index contributed by atoms with van der Waals surface area (Å²) in [5.74, 6) is -0.252. The molecule has 144 valence electrons. The van der Waals surface area contributed by atoms with Crippen molar-refractivity contribution in [2.24, 2.45) is 0 Å². The molecule has 5 nitrogen and oxygen atoms in total. The molecule has 1 atom stereocenters. The monoisotopic (exact) mass is 368 g/mol. The van der Waals surface area contributed by atoms with E-state index in [1.54, 1.807) is 12.1 Å². The molecule has 0 aliphatic rings. The fourth-order valence-electron chi connectivity index (χ4n) is 2.77. The molecule has 0 aliphatic heterocycles. The van der Waals surface area contributed by atoms with Gasteiger partial charge in [-0.15, -0.1) is 0 Å². The van der Waals surface area contributed by atoms with Gasteiger partial charge < -0.3 is 15.4 Å². The molecule has 1 unspecified atom stereocenters. The smallest absolute Gasteiger partial charge is 0.313 e. The Balaban J connectivity index is 2.03. The number of benzene rings is 2. The van der Waals surface area contributed by atoms with E-state index in [1.807, 2.05) is 51.1 Å². The third-order valence-electron chi connectivity index (χ3n) is 4.32. The number of ether oxygens (including phenoxy) is 1. The lowest BCUT2D eigenvalue weighted by Gasteiger charge is -2.18. The first kappa shape index (κ1) is 20.5. The molecule has 0 aromatic heterocycles. The van der Waals surface area contributed by atoms with Crippen LogP contribution in [-0.2, 0) is 9.59 Å². The molecule has 2 N–H and O–H groups in total. The highest BCUT2D eigenvalue weighted by Crippen LogP contribution is 2.26. The van der Waals surface area contributed by atoms with Crippen molar-refractivity contribution in [1.29, 1.82) is 0 Å². The fourth-order valence-corrected chi connectivity index (χ4v) is 2.77. The van der Waals surface area contributed by atoms with Crippen LogP contribution in [0.3, 0.4) is 0 Å². The Morgan fingerprint density at radius 3 is 2.26 bits per heavy atom. The second kappa shape index (κ2) is 9.21. The van der Waals surface area contributed by atoms with Gasteiger partial charge in [-0.25, -0.2) is 0 Å². The molecule has 27 heavy (non-hydrogen) atoms. The van der Waals surface area contributed by atoms with Crippen molar-refractivity contribution in [2.75, 3.05) is 11.9 Å².